The minimum atomic E-state index is 0.767. The number of aryl methyl sites for hydroxylation is 1. The number of fused-ring (bicyclic) bond motifs is 1. The maximum Gasteiger partial charge on any atom is 0.123 e. The van der Waals surface area contributed by atoms with Gasteiger partial charge in [-0.1, -0.05) is 55.3 Å². The molecule has 4 heteroatoms. The predicted octanol–water partition coefficient (Wildman–Crippen LogP) is 4.82. The second-order valence-corrected chi connectivity index (χ2v) is 6.52. The Morgan fingerprint density at radius 3 is 2.75 bits per heavy atom. The van der Waals surface area contributed by atoms with Crippen molar-refractivity contribution in [3.63, 3.8) is 0 Å². The first-order valence-corrected chi connectivity index (χ1v) is 9.05. The molecule has 0 saturated heterocycles. The normalized spacial score (nSPS) is 11.2. The van der Waals surface area contributed by atoms with E-state index < -0.39 is 0 Å². The Hall–Kier alpha value is -1.84. The fraction of sp³-hybridized carbons (Fsp3) is 0.350. The van der Waals surface area contributed by atoms with Gasteiger partial charge < -0.3 is 9.88 Å². The van der Waals surface area contributed by atoms with Crippen molar-refractivity contribution in [3.8, 4) is 0 Å². The van der Waals surface area contributed by atoms with E-state index in [0.717, 1.165) is 54.4 Å². The summed E-state index contributed by atoms with van der Waals surface area (Å²) in [5.74, 6) is 1.09. The lowest BCUT2D eigenvalue weighted by atomic mass is 10.1. The van der Waals surface area contributed by atoms with E-state index in [9.17, 15) is 0 Å². The first-order valence-electron chi connectivity index (χ1n) is 8.67. The molecule has 24 heavy (non-hydrogen) atoms. The molecule has 2 aromatic carbocycles. The number of nitrogens with zero attached hydrogens (tertiary/aromatic N) is 2. The first kappa shape index (κ1) is 17.0. The summed E-state index contributed by atoms with van der Waals surface area (Å²) in [6.07, 6.45) is 3.35. The van der Waals surface area contributed by atoms with Crippen LogP contribution in [0.5, 0.6) is 0 Å². The lowest BCUT2D eigenvalue weighted by Gasteiger charge is -2.10. The molecule has 1 N–H and O–H groups in total. The van der Waals surface area contributed by atoms with Crippen LogP contribution in [0.15, 0.2) is 48.5 Å². The Morgan fingerprint density at radius 2 is 1.96 bits per heavy atom. The SMILES string of the molecule is CCCCn1c(CNCCc2ccccc2)nc2ccc(Cl)cc21. The second-order valence-electron chi connectivity index (χ2n) is 6.08. The fourth-order valence-corrected chi connectivity index (χ4v) is 3.09. The van der Waals surface area contributed by atoms with Gasteiger partial charge in [0.1, 0.15) is 5.82 Å². The summed E-state index contributed by atoms with van der Waals surface area (Å²) in [6.45, 7) is 4.93. The van der Waals surface area contributed by atoms with Crippen molar-refractivity contribution in [2.24, 2.45) is 0 Å². The zero-order chi connectivity index (χ0) is 16.8. The van der Waals surface area contributed by atoms with Gasteiger partial charge in [0.15, 0.2) is 0 Å². The molecular weight excluding hydrogens is 318 g/mol. The Morgan fingerprint density at radius 1 is 1.12 bits per heavy atom. The van der Waals surface area contributed by atoms with Crippen LogP contribution < -0.4 is 5.32 Å². The number of benzene rings is 2. The van der Waals surface area contributed by atoms with Crippen molar-refractivity contribution in [2.75, 3.05) is 6.54 Å². The van der Waals surface area contributed by atoms with Gasteiger partial charge in [-0.15, -0.1) is 0 Å². The van der Waals surface area contributed by atoms with Gasteiger partial charge in [-0.05, 0) is 43.1 Å². The number of unbranched alkanes of at least 4 members (excludes halogenated alkanes) is 1. The van der Waals surface area contributed by atoms with Gasteiger partial charge in [0, 0.05) is 11.6 Å². The predicted molar refractivity (Wildman–Crippen MR) is 102 cm³/mol. The summed E-state index contributed by atoms with van der Waals surface area (Å²) in [5.41, 5.74) is 3.52. The van der Waals surface area contributed by atoms with Crippen LogP contribution in [0.3, 0.4) is 0 Å². The van der Waals surface area contributed by atoms with Crippen molar-refractivity contribution < 1.29 is 0 Å². The third kappa shape index (κ3) is 4.16. The van der Waals surface area contributed by atoms with Gasteiger partial charge in [-0.3, -0.25) is 0 Å². The third-order valence-corrected chi connectivity index (χ3v) is 4.48. The molecule has 0 radical (unpaired) electrons. The number of hydrogen-bond acceptors (Lipinski definition) is 2. The highest BCUT2D eigenvalue weighted by Gasteiger charge is 2.10. The molecule has 0 bridgehead atoms. The van der Waals surface area contributed by atoms with Gasteiger partial charge in [-0.25, -0.2) is 4.98 Å². The van der Waals surface area contributed by atoms with Crippen LogP contribution in [0.25, 0.3) is 11.0 Å². The highest BCUT2D eigenvalue weighted by molar-refractivity contribution is 6.31. The first-order chi connectivity index (χ1) is 11.8. The molecule has 3 aromatic rings. The fourth-order valence-electron chi connectivity index (χ4n) is 2.92. The van der Waals surface area contributed by atoms with Gasteiger partial charge in [-0.2, -0.15) is 0 Å². The molecular formula is C20H24ClN3. The van der Waals surface area contributed by atoms with Crippen LogP contribution >= 0.6 is 11.6 Å². The molecule has 3 rings (SSSR count). The summed E-state index contributed by atoms with van der Waals surface area (Å²) in [5, 5.41) is 4.29. The van der Waals surface area contributed by atoms with Crippen molar-refractivity contribution in [2.45, 2.75) is 39.3 Å². The smallest absolute Gasteiger partial charge is 0.123 e. The van der Waals surface area contributed by atoms with E-state index in [1.54, 1.807) is 0 Å². The van der Waals surface area contributed by atoms with Crippen LogP contribution in [0, 0.1) is 0 Å². The topological polar surface area (TPSA) is 29.9 Å². The number of nitrogens with one attached hydrogen (secondary N) is 1. The highest BCUT2D eigenvalue weighted by atomic mass is 35.5. The number of imidazole rings is 1. The molecule has 3 nitrogen and oxygen atoms in total. The highest BCUT2D eigenvalue weighted by Crippen LogP contribution is 2.21. The van der Waals surface area contributed by atoms with E-state index in [1.807, 2.05) is 18.2 Å². The summed E-state index contributed by atoms with van der Waals surface area (Å²) in [7, 11) is 0. The molecule has 1 heterocycles. The van der Waals surface area contributed by atoms with Crippen LogP contribution in [-0.4, -0.2) is 16.1 Å². The summed E-state index contributed by atoms with van der Waals surface area (Å²) in [4.78, 5) is 4.79. The average Bonchev–Trinajstić information content (AvgIpc) is 2.94. The summed E-state index contributed by atoms with van der Waals surface area (Å²) < 4.78 is 2.31. The van der Waals surface area contributed by atoms with Crippen molar-refractivity contribution in [1.82, 2.24) is 14.9 Å². The maximum absolute atomic E-state index is 6.17. The molecule has 0 atom stereocenters. The van der Waals surface area contributed by atoms with Gasteiger partial charge in [0.2, 0.25) is 0 Å². The molecule has 0 aliphatic rings. The standard InChI is InChI=1S/C20H24ClN3/c1-2-3-13-24-19-14-17(21)9-10-18(19)23-20(24)15-22-12-11-16-7-5-4-6-8-16/h4-10,14,22H,2-3,11-13,15H2,1H3. The van der Waals surface area contributed by atoms with Gasteiger partial charge in [0.25, 0.3) is 0 Å². The van der Waals surface area contributed by atoms with Crippen molar-refractivity contribution >= 4 is 22.6 Å². The maximum atomic E-state index is 6.17. The number of halogens is 1. The Balaban J connectivity index is 1.68. The van der Waals surface area contributed by atoms with E-state index in [0.29, 0.717) is 0 Å². The molecule has 1 aromatic heterocycles. The zero-order valence-electron chi connectivity index (χ0n) is 14.1. The molecule has 0 saturated carbocycles. The summed E-state index contributed by atoms with van der Waals surface area (Å²) in [6, 6.07) is 16.5. The Bertz CT molecular complexity index is 780. The Labute approximate surface area is 148 Å². The van der Waals surface area contributed by atoms with E-state index >= 15 is 0 Å². The Kier molecular flexibility index (Phi) is 5.89. The van der Waals surface area contributed by atoms with Crippen LogP contribution in [-0.2, 0) is 19.5 Å². The lowest BCUT2D eigenvalue weighted by Crippen LogP contribution is -2.19. The number of aromatic nitrogens is 2. The minimum Gasteiger partial charge on any atom is -0.327 e. The molecule has 0 aliphatic heterocycles. The molecule has 0 amide bonds. The summed E-state index contributed by atoms with van der Waals surface area (Å²) >= 11 is 6.17. The van der Waals surface area contributed by atoms with E-state index in [4.69, 9.17) is 16.6 Å². The van der Waals surface area contributed by atoms with E-state index in [1.165, 1.54) is 12.0 Å². The molecule has 0 unspecified atom stereocenters. The van der Waals surface area contributed by atoms with Crippen LogP contribution in [0.4, 0.5) is 0 Å². The second kappa shape index (κ2) is 8.32. The minimum absolute atomic E-state index is 0.767. The largest absolute Gasteiger partial charge is 0.327 e. The molecule has 0 fully saturated rings. The van der Waals surface area contributed by atoms with Gasteiger partial charge >= 0.3 is 0 Å². The average molecular weight is 342 g/mol. The monoisotopic (exact) mass is 341 g/mol. The van der Waals surface area contributed by atoms with Crippen LogP contribution in [0.2, 0.25) is 5.02 Å². The number of rotatable bonds is 8. The quantitative estimate of drug-likeness (QED) is 0.595. The number of hydrogen-bond donors (Lipinski definition) is 1. The molecule has 0 spiro atoms. The van der Waals surface area contributed by atoms with Crippen LogP contribution in [0.1, 0.15) is 31.2 Å². The third-order valence-electron chi connectivity index (χ3n) is 4.24. The molecule has 0 aliphatic carbocycles. The van der Waals surface area contributed by atoms with Gasteiger partial charge in [0.05, 0.1) is 17.6 Å². The van der Waals surface area contributed by atoms with Crippen molar-refractivity contribution in [3.05, 3.63) is 64.9 Å². The molecule has 126 valence electrons. The van der Waals surface area contributed by atoms with E-state index in [-0.39, 0.29) is 0 Å². The zero-order valence-corrected chi connectivity index (χ0v) is 14.9. The lowest BCUT2D eigenvalue weighted by molar-refractivity contribution is 0.581. The van der Waals surface area contributed by atoms with E-state index in [2.05, 4.69) is 47.1 Å². The van der Waals surface area contributed by atoms with Crippen molar-refractivity contribution in [1.29, 1.82) is 0 Å².